The summed E-state index contributed by atoms with van der Waals surface area (Å²) in [6, 6.07) is 0. The molecule has 0 fully saturated rings. The van der Waals surface area contributed by atoms with Crippen molar-refractivity contribution in [2.24, 2.45) is 0 Å². The minimum atomic E-state index is -0.416. The third-order valence-corrected chi connectivity index (χ3v) is 2.03. The molecular weight excluding hydrogens is 252 g/mol. The van der Waals surface area contributed by atoms with E-state index in [0.29, 0.717) is 52.8 Å². The van der Waals surface area contributed by atoms with Crippen LogP contribution in [0.15, 0.2) is 0 Å². The highest BCUT2D eigenvalue weighted by Gasteiger charge is 1.98. The number of nitrogens with one attached hydrogen (secondary N) is 2. The Morgan fingerprint density at radius 1 is 0.895 bits per heavy atom. The first-order valence-corrected chi connectivity index (χ1v) is 6.59. The van der Waals surface area contributed by atoms with E-state index in [1.54, 1.807) is 6.92 Å². The first-order valence-electron chi connectivity index (χ1n) is 6.59. The summed E-state index contributed by atoms with van der Waals surface area (Å²) >= 11 is 0. The zero-order chi connectivity index (χ0) is 14.2. The van der Waals surface area contributed by atoms with Gasteiger partial charge in [-0.1, -0.05) is 0 Å². The van der Waals surface area contributed by atoms with Gasteiger partial charge in [0.1, 0.15) is 0 Å². The smallest absolute Gasteiger partial charge is 0.407 e. The van der Waals surface area contributed by atoms with E-state index in [9.17, 15) is 4.79 Å². The van der Waals surface area contributed by atoms with Crippen LogP contribution in [0.1, 0.15) is 6.92 Å². The van der Waals surface area contributed by atoms with Crippen molar-refractivity contribution < 1.29 is 23.7 Å². The monoisotopic (exact) mass is 278 g/mol. The molecule has 0 spiro atoms. The number of hydrogen-bond acceptors (Lipinski definition) is 6. The van der Waals surface area contributed by atoms with Crippen LogP contribution in [0.25, 0.3) is 0 Å². The fourth-order valence-electron chi connectivity index (χ4n) is 1.12. The zero-order valence-electron chi connectivity index (χ0n) is 11.9. The number of likely N-dealkylation sites (N-methyl/N-ethyl adjacent to an activating group) is 1. The molecule has 7 nitrogen and oxygen atoms in total. The summed E-state index contributed by atoms with van der Waals surface area (Å²) in [5, 5.41) is 5.55. The lowest BCUT2D eigenvalue weighted by Gasteiger charge is -2.07. The van der Waals surface area contributed by atoms with E-state index >= 15 is 0 Å². The maximum atomic E-state index is 10.9. The molecule has 7 heteroatoms. The highest BCUT2D eigenvalue weighted by atomic mass is 16.6. The Kier molecular flexibility index (Phi) is 14.5. The van der Waals surface area contributed by atoms with Crippen molar-refractivity contribution in [1.29, 1.82) is 0 Å². The summed E-state index contributed by atoms with van der Waals surface area (Å²) in [5.74, 6) is 0. The minimum Gasteiger partial charge on any atom is -0.450 e. The predicted molar refractivity (Wildman–Crippen MR) is 71.4 cm³/mol. The zero-order valence-corrected chi connectivity index (χ0v) is 11.9. The van der Waals surface area contributed by atoms with Crippen LogP contribution < -0.4 is 10.6 Å². The third kappa shape index (κ3) is 15.1. The van der Waals surface area contributed by atoms with E-state index in [2.05, 4.69) is 10.6 Å². The van der Waals surface area contributed by atoms with Crippen LogP contribution >= 0.6 is 0 Å². The van der Waals surface area contributed by atoms with Crippen molar-refractivity contribution in [1.82, 2.24) is 10.6 Å². The van der Waals surface area contributed by atoms with Gasteiger partial charge in [-0.15, -0.1) is 0 Å². The van der Waals surface area contributed by atoms with Gasteiger partial charge in [0.15, 0.2) is 0 Å². The Balaban J connectivity index is 3.01. The van der Waals surface area contributed by atoms with Gasteiger partial charge in [0.2, 0.25) is 0 Å². The lowest BCUT2D eigenvalue weighted by atomic mass is 10.6. The van der Waals surface area contributed by atoms with Crippen LogP contribution in [-0.2, 0) is 18.9 Å². The van der Waals surface area contributed by atoms with Crippen molar-refractivity contribution in [2.75, 3.05) is 66.4 Å². The SMILES string of the molecule is CCOC(=O)NCCOCCOCCOCCNC. The van der Waals surface area contributed by atoms with Gasteiger partial charge >= 0.3 is 6.09 Å². The molecule has 0 aliphatic carbocycles. The van der Waals surface area contributed by atoms with Gasteiger partial charge in [0, 0.05) is 13.1 Å². The van der Waals surface area contributed by atoms with E-state index in [1.165, 1.54) is 0 Å². The fourth-order valence-corrected chi connectivity index (χ4v) is 1.12. The lowest BCUT2D eigenvalue weighted by Crippen LogP contribution is -2.28. The maximum absolute atomic E-state index is 10.9. The van der Waals surface area contributed by atoms with Crippen LogP contribution in [0.4, 0.5) is 4.79 Å². The topological polar surface area (TPSA) is 78.1 Å². The predicted octanol–water partition coefficient (Wildman–Crippen LogP) is 0.00170. The molecule has 0 aromatic carbocycles. The first kappa shape index (κ1) is 18.1. The largest absolute Gasteiger partial charge is 0.450 e. The summed E-state index contributed by atoms with van der Waals surface area (Å²) in [6.45, 7) is 6.72. The van der Waals surface area contributed by atoms with E-state index in [1.807, 2.05) is 7.05 Å². The van der Waals surface area contributed by atoms with Crippen molar-refractivity contribution >= 4 is 6.09 Å². The van der Waals surface area contributed by atoms with Crippen molar-refractivity contribution in [2.45, 2.75) is 6.92 Å². The Hall–Kier alpha value is -0.890. The molecule has 0 heterocycles. The van der Waals surface area contributed by atoms with Gasteiger partial charge in [-0.05, 0) is 14.0 Å². The molecule has 0 unspecified atom stereocenters. The van der Waals surface area contributed by atoms with Gasteiger partial charge in [-0.2, -0.15) is 0 Å². The third-order valence-electron chi connectivity index (χ3n) is 2.03. The van der Waals surface area contributed by atoms with Gasteiger partial charge < -0.3 is 29.6 Å². The molecule has 0 saturated carbocycles. The molecule has 0 rings (SSSR count). The molecule has 0 saturated heterocycles. The molecule has 0 bridgehead atoms. The number of amides is 1. The highest BCUT2D eigenvalue weighted by molar-refractivity contribution is 5.66. The second-order valence-electron chi connectivity index (χ2n) is 3.59. The molecule has 0 atom stereocenters. The molecule has 114 valence electrons. The maximum Gasteiger partial charge on any atom is 0.407 e. The number of ether oxygens (including phenoxy) is 4. The molecule has 0 radical (unpaired) electrons. The van der Waals surface area contributed by atoms with Crippen LogP contribution in [0.5, 0.6) is 0 Å². The van der Waals surface area contributed by atoms with Gasteiger partial charge in [0.05, 0.1) is 46.2 Å². The number of carbonyl (C=O) groups is 1. The Morgan fingerprint density at radius 3 is 1.95 bits per heavy atom. The summed E-state index contributed by atoms with van der Waals surface area (Å²) in [5.41, 5.74) is 0. The van der Waals surface area contributed by atoms with Crippen molar-refractivity contribution in [3.8, 4) is 0 Å². The number of carbonyl (C=O) groups excluding carboxylic acids is 1. The summed E-state index contributed by atoms with van der Waals surface area (Å²) in [6.07, 6.45) is -0.416. The Morgan fingerprint density at radius 2 is 1.42 bits per heavy atom. The van der Waals surface area contributed by atoms with E-state index in [4.69, 9.17) is 18.9 Å². The second kappa shape index (κ2) is 15.2. The van der Waals surface area contributed by atoms with Crippen LogP contribution in [0.3, 0.4) is 0 Å². The first-order chi connectivity index (χ1) is 9.31. The van der Waals surface area contributed by atoms with E-state index in [0.717, 1.165) is 6.54 Å². The van der Waals surface area contributed by atoms with Crippen molar-refractivity contribution in [3.63, 3.8) is 0 Å². The highest BCUT2D eigenvalue weighted by Crippen LogP contribution is 1.81. The standard InChI is InChI=1S/C12H26N2O5/c1-3-19-12(15)14-5-7-17-9-11-18-10-8-16-6-4-13-2/h13H,3-11H2,1-2H3,(H,14,15). The molecule has 0 aromatic heterocycles. The van der Waals surface area contributed by atoms with E-state index < -0.39 is 6.09 Å². The van der Waals surface area contributed by atoms with Gasteiger partial charge in [-0.25, -0.2) is 4.79 Å². The molecule has 1 amide bonds. The molecule has 0 aromatic rings. The minimum absolute atomic E-state index is 0.372. The fraction of sp³-hybridized carbons (Fsp3) is 0.917. The number of alkyl carbamates (subject to hydrolysis) is 1. The quantitative estimate of drug-likeness (QED) is 0.462. The Labute approximate surface area is 114 Å². The van der Waals surface area contributed by atoms with E-state index in [-0.39, 0.29) is 0 Å². The molecule has 0 aliphatic heterocycles. The summed E-state index contributed by atoms with van der Waals surface area (Å²) in [7, 11) is 1.88. The molecular formula is C12H26N2O5. The lowest BCUT2D eigenvalue weighted by molar-refractivity contribution is 0.0158. The van der Waals surface area contributed by atoms with Crippen LogP contribution in [0.2, 0.25) is 0 Å². The van der Waals surface area contributed by atoms with Crippen LogP contribution in [-0.4, -0.2) is 72.5 Å². The number of hydrogen-bond donors (Lipinski definition) is 2. The summed E-state index contributed by atoms with van der Waals surface area (Å²) < 4.78 is 20.5. The second-order valence-corrected chi connectivity index (χ2v) is 3.59. The van der Waals surface area contributed by atoms with Gasteiger partial charge in [-0.3, -0.25) is 0 Å². The molecule has 19 heavy (non-hydrogen) atoms. The molecule has 0 aliphatic rings. The van der Waals surface area contributed by atoms with Gasteiger partial charge in [0.25, 0.3) is 0 Å². The molecule has 2 N–H and O–H groups in total. The Bertz CT molecular complexity index is 205. The number of rotatable bonds is 13. The average Bonchev–Trinajstić information content (AvgIpc) is 2.40. The normalized spacial score (nSPS) is 10.4. The summed E-state index contributed by atoms with van der Waals surface area (Å²) in [4.78, 5) is 10.9. The van der Waals surface area contributed by atoms with Crippen molar-refractivity contribution in [3.05, 3.63) is 0 Å². The van der Waals surface area contributed by atoms with Crippen LogP contribution in [0, 0.1) is 0 Å². The average molecular weight is 278 g/mol.